The van der Waals surface area contributed by atoms with E-state index in [1.807, 2.05) is 0 Å². The Kier molecular flexibility index (Phi) is 8.54. The molecule has 0 saturated heterocycles. The number of hydrogen-bond donors (Lipinski definition) is 0. The van der Waals surface area contributed by atoms with Gasteiger partial charge in [0.25, 0.3) is 0 Å². The molecule has 2 atom stereocenters. The minimum atomic E-state index is -4.27. The number of allylic oxidation sites excluding steroid dienone is 8. The third-order valence-electron chi connectivity index (χ3n) is 7.21. The van der Waals surface area contributed by atoms with Crippen LogP contribution in [0.25, 0.3) is 0 Å². The number of rotatable bonds is 9. The SMILES string of the molecule is CCCC1=C[CH]([Zr]([Cl])([Cl])([CH]2C=C(CCC)C=C2[Si](C)(C)C)[SiH](C)C)C([Si](C)(C)C)=C1. The van der Waals surface area contributed by atoms with Gasteiger partial charge in [-0.2, -0.15) is 0 Å². The molecule has 0 aliphatic heterocycles. The first-order valence-electron chi connectivity index (χ1n) is 12.0. The maximum atomic E-state index is 8.19. The van der Waals surface area contributed by atoms with E-state index < -0.39 is 37.6 Å². The van der Waals surface area contributed by atoms with Crippen LogP contribution in [0.2, 0.25) is 59.6 Å². The van der Waals surface area contributed by atoms with Gasteiger partial charge in [-0.25, -0.2) is 0 Å². The summed E-state index contributed by atoms with van der Waals surface area (Å²) in [4.78, 5) is 0. The Morgan fingerprint density at radius 3 is 1.33 bits per heavy atom. The summed E-state index contributed by atoms with van der Waals surface area (Å²) in [5.74, 6) is -1.32. The summed E-state index contributed by atoms with van der Waals surface area (Å²) in [6.07, 6.45) is 14.9. The standard InChI is InChI=1S/2C11H19Si.C2H7Si.2ClH.Zr/c2*1-5-6-10-7-8-11(9-10)12(2,3)4;1-3-2;;;/h2*7-9H,5-6H2,1-4H3;3H,1-2H3;2*1H;/q;;;;;+2/p-2. The average Bonchev–Trinajstić information content (AvgIpc) is 3.20. The van der Waals surface area contributed by atoms with Crippen LogP contribution in [0.15, 0.2) is 45.8 Å². The maximum absolute atomic E-state index is 8.19. The fourth-order valence-corrected chi connectivity index (χ4v) is 49.3. The first-order valence-corrected chi connectivity index (χ1v) is 35.3. The molecule has 0 saturated carbocycles. The summed E-state index contributed by atoms with van der Waals surface area (Å²) >= 11 is -4.27. The molecule has 0 N–H and O–H groups in total. The van der Waals surface area contributed by atoms with Crippen molar-refractivity contribution in [2.45, 2.75) is 99.2 Å². The van der Waals surface area contributed by atoms with Crippen molar-refractivity contribution in [1.29, 1.82) is 0 Å². The monoisotopic (exact) mass is 577 g/mol. The minimum absolute atomic E-state index is 0.344. The van der Waals surface area contributed by atoms with E-state index in [1.165, 1.54) is 24.0 Å². The molecule has 2 rings (SSSR count). The van der Waals surface area contributed by atoms with Crippen molar-refractivity contribution in [3.63, 3.8) is 0 Å². The van der Waals surface area contributed by atoms with Crippen molar-refractivity contribution in [2.24, 2.45) is 0 Å². The first kappa shape index (κ1) is 27.3. The van der Waals surface area contributed by atoms with Crippen LogP contribution >= 0.6 is 17.0 Å². The fourth-order valence-electron chi connectivity index (χ4n) is 5.36. The van der Waals surface area contributed by atoms with Crippen LogP contribution in [0.1, 0.15) is 39.5 Å². The molecule has 0 aromatic heterocycles. The van der Waals surface area contributed by atoms with Gasteiger partial charge in [0.05, 0.1) is 0 Å². The molecule has 0 heterocycles. The molecular weight excluding hydrogens is 535 g/mol. The van der Waals surface area contributed by atoms with E-state index >= 15 is 0 Å². The van der Waals surface area contributed by atoms with Crippen molar-refractivity contribution in [3.05, 3.63) is 45.8 Å². The Morgan fingerprint density at radius 2 is 1.10 bits per heavy atom. The summed E-state index contributed by atoms with van der Waals surface area (Å²) in [5.41, 5.74) is 3.01. The number of hydrogen-bond acceptors (Lipinski definition) is 0. The van der Waals surface area contributed by atoms with Crippen LogP contribution < -0.4 is 0 Å². The summed E-state index contributed by atoms with van der Waals surface area (Å²) in [5, 5.41) is 3.30. The van der Waals surface area contributed by atoms with Gasteiger partial charge >= 0.3 is 200 Å². The number of halogens is 2. The van der Waals surface area contributed by atoms with Gasteiger partial charge in [-0.05, 0) is 0 Å². The molecule has 2 unspecified atom stereocenters. The predicted octanol–water partition coefficient (Wildman–Crippen LogP) is 9.63. The van der Waals surface area contributed by atoms with Gasteiger partial charge in [0.2, 0.25) is 0 Å². The van der Waals surface area contributed by atoms with Crippen molar-refractivity contribution in [2.75, 3.05) is 0 Å². The van der Waals surface area contributed by atoms with Gasteiger partial charge in [0.1, 0.15) is 0 Å². The average molecular weight is 580 g/mol. The Labute approximate surface area is 198 Å². The van der Waals surface area contributed by atoms with Crippen LogP contribution in [0.3, 0.4) is 0 Å². The van der Waals surface area contributed by atoms with Crippen LogP contribution in [0.4, 0.5) is 0 Å². The fraction of sp³-hybridized carbons (Fsp3) is 0.667. The summed E-state index contributed by atoms with van der Waals surface area (Å²) in [6, 6.07) is 0. The van der Waals surface area contributed by atoms with Gasteiger partial charge in [0.15, 0.2) is 0 Å². The van der Waals surface area contributed by atoms with Crippen molar-refractivity contribution in [3.8, 4) is 0 Å². The Bertz CT molecular complexity index is 732. The van der Waals surface area contributed by atoms with Crippen LogP contribution in [-0.4, -0.2) is 22.1 Å². The molecule has 0 spiro atoms. The Morgan fingerprint density at radius 1 is 0.767 bits per heavy atom. The molecule has 0 aromatic carbocycles. The Hall–Kier alpha value is 1.07. The van der Waals surface area contributed by atoms with E-state index in [2.05, 4.69) is 90.5 Å². The van der Waals surface area contributed by atoms with Crippen molar-refractivity contribution >= 4 is 39.1 Å². The van der Waals surface area contributed by atoms with E-state index in [-0.39, 0.29) is 0 Å². The summed E-state index contributed by atoms with van der Waals surface area (Å²) in [6.45, 7) is 24.4. The normalized spacial score (nSPS) is 24.4. The molecular formula is C24H45Cl2Si3Zr. The molecule has 30 heavy (non-hydrogen) atoms. The molecule has 2 aliphatic rings. The van der Waals surface area contributed by atoms with Gasteiger partial charge in [0, 0.05) is 0 Å². The topological polar surface area (TPSA) is 0 Å². The van der Waals surface area contributed by atoms with Crippen LogP contribution in [0, 0.1) is 0 Å². The Balaban J connectivity index is 2.75. The second kappa shape index (κ2) is 9.37. The van der Waals surface area contributed by atoms with E-state index in [0.29, 0.717) is 7.25 Å². The van der Waals surface area contributed by atoms with E-state index in [9.17, 15) is 0 Å². The van der Waals surface area contributed by atoms with Gasteiger partial charge in [-0.1, -0.05) is 0 Å². The van der Waals surface area contributed by atoms with Gasteiger partial charge in [-0.15, -0.1) is 0 Å². The van der Waals surface area contributed by atoms with Crippen molar-refractivity contribution < 1.29 is 15.6 Å². The zero-order chi connectivity index (χ0) is 23.1. The molecule has 2 aliphatic carbocycles. The third-order valence-corrected chi connectivity index (χ3v) is 65.0. The van der Waals surface area contributed by atoms with Crippen LogP contribution in [-0.2, 0) is 15.6 Å². The molecule has 0 nitrogen and oxygen atoms in total. The predicted molar refractivity (Wildman–Crippen MR) is 147 cm³/mol. The summed E-state index contributed by atoms with van der Waals surface area (Å²) in [7, 11) is 13.3. The zero-order valence-electron chi connectivity index (χ0n) is 21.1. The van der Waals surface area contributed by atoms with E-state index in [4.69, 9.17) is 17.0 Å². The molecule has 0 amide bonds. The quantitative estimate of drug-likeness (QED) is 0.239. The molecule has 0 bridgehead atoms. The van der Waals surface area contributed by atoms with E-state index in [1.54, 1.807) is 10.4 Å². The molecule has 0 radical (unpaired) electrons. The molecule has 0 aromatic rings. The second-order valence-electron chi connectivity index (χ2n) is 12.0. The van der Waals surface area contributed by atoms with Crippen LogP contribution in [0.5, 0.6) is 0 Å². The first-order chi connectivity index (χ1) is 13.6. The third kappa shape index (κ3) is 5.09. The molecule has 6 heteroatoms. The van der Waals surface area contributed by atoms with Crippen molar-refractivity contribution in [1.82, 2.24) is 0 Å². The van der Waals surface area contributed by atoms with E-state index in [0.717, 1.165) is 12.8 Å². The summed E-state index contributed by atoms with van der Waals surface area (Å²) < 4.78 is 0.688. The molecule has 0 fully saturated rings. The van der Waals surface area contributed by atoms with Gasteiger partial charge < -0.3 is 0 Å². The second-order valence-corrected chi connectivity index (χ2v) is 64.9. The zero-order valence-corrected chi connectivity index (χ0v) is 28.3. The molecule has 171 valence electrons. The van der Waals surface area contributed by atoms with Gasteiger partial charge in [-0.3, -0.25) is 0 Å².